The molecule has 0 amide bonds. The van der Waals surface area contributed by atoms with Crippen LogP contribution in [0, 0.1) is 0 Å². The number of hydrogen-bond donors (Lipinski definition) is 0. The van der Waals surface area contributed by atoms with E-state index in [2.05, 4.69) is 217 Å². The van der Waals surface area contributed by atoms with Crippen LogP contribution in [-0.4, -0.2) is 4.57 Å². The number of aromatic nitrogens is 1. The van der Waals surface area contributed by atoms with Crippen LogP contribution < -0.4 is 0 Å². The molecule has 0 N–H and O–H groups in total. The minimum absolute atomic E-state index is 0.471. The predicted molar refractivity (Wildman–Crippen MR) is 233 cm³/mol. The Balaban J connectivity index is 1.19. The molecule has 1 nitrogen and oxygen atoms in total. The third-order valence-corrected chi connectivity index (χ3v) is 12.4. The lowest BCUT2D eigenvalue weighted by Gasteiger charge is -2.31. The fourth-order valence-corrected chi connectivity index (χ4v) is 10.1. The third kappa shape index (κ3) is 4.26. The van der Waals surface area contributed by atoms with E-state index in [0.717, 1.165) is 5.69 Å². The molecule has 260 valence electrons. The smallest absolute Gasteiger partial charge is 0.0746 e. The Morgan fingerprint density at radius 2 is 0.750 bits per heavy atom. The second-order valence-electron chi connectivity index (χ2n) is 15.2. The molecule has 9 aromatic carbocycles. The van der Waals surface area contributed by atoms with Crippen molar-refractivity contribution in [1.82, 2.24) is 4.57 Å². The molecule has 0 radical (unpaired) electrons. The molecule has 0 unspecified atom stereocenters. The zero-order valence-electron chi connectivity index (χ0n) is 30.7. The lowest BCUT2D eigenvalue weighted by atomic mass is 9.70. The molecule has 0 atom stereocenters. The van der Waals surface area contributed by atoms with Gasteiger partial charge in [0, 0.05) is 22.0 Å². The van der Waals surface area contributed by atoms with Gasteiger partial charge in [-0.1, -0.05) is 188 Å². The van der Waals surface area contributed by atoms with Crippen LogP contribution in [0.25, 0.3) is 83.1 Å². The molecule has 1 spiro atoms. The first kappa shape index (κ1) is 31.2. The average molecular weight is 710 g/mol. The molecule has 0 aliphatic heterocycles. The lowest BCUT2D eigenvalue weighted by molar-refractivity contribution is 0.797. The number of rotatable bonds is 4. The van der Waals surface area contributed by atoms with E-state index >= 15 is 0 Å². The van der Waals surface area contributed by atoms with Gasteiger partial charge in [-0.15, -0.1) is 0 Å². The van der Waals surface area contributed by atoms with Gasteiger partial charge in [-0.3, -0.25) is 0 Å². The van der Waals surface area contributed by atoms with Gasteiger partial charge in [0.05, 0.1) is 16.4 Å². The minimum Gasteiger partial charge on any atom is -0.309 e. The molecule has 0 saturated heterocycles. The van der Waals surface area contributed by atoms with Crippen LogP contribution in [0.2, 0.25) is 0 Å². The summed E-state index contributed by atoms with van der Waals surface area (Å²) in [5.41, 5.74) is 21.1. The third-order valence-electron chi connectivity index (χ3n) is 12.4. The van der Waals surface area contributed by atoms with Crippen molar-refractivity contribution in [3.05, 3.63) is 235 Å². The van der Waals surface area contributed by atoms with Crippen LogP contribution in [0.1, 0.15) is 22.3 Å². The molecular weight excluding hydrogens is 675 g/mol. The van der Waals surface area contributed by atoms with Crippen molar-refractivity contribution in [2.75, 3.05) is 0 Å². The van der Waals surface area contributed by atoms with Crippen molar-refractivity contribution in [3.63, 3.8) is 0 Å². The molecule has 1 aromatic heterocycles. The quantitative estimate of drug-likeness (QED) is 0.171. The molecular formula is C55H35N. The molecule has 2 aliphatic carbocycles. The summed E-state index contributed by atoms with van der Waals surface area (Å²) in [6.07, 6.45) is 0. The van der Waals surface area contributed by atoms with E-state index in [1.807, 2.05) is 0 Å². The summed E-state index contributed by atoms with van der Waals surface area (Å²) in [6, 6.07) is 78.7. The standard InChI is InChI=1S/C55H35N/c1-3-14-36(15-4-1)38-26-29-42(30-27-38)56-52-35-41(40-19-13-18-39(34-40)37-16-5-2-6-17-37)28-31-46(52)48-33-32-47-45-22-9-12-25-51(45)55(53(47)54(48)56)49-23-10-7-20-43(49)44-21-8-11-24-50(44)55/h1-35H. The van der Waals surface area contributed by atoms with Crippen LogP contribution >= 0.6 is 0 Å². The number of fused-ring (bicyclic) bond motifs is 14. The first-order chi connectivity index (χ1) is 27.8. The summed E-state index contributed by atoms with van der Waals surface area (Å²) >= 11 is 0. The molecule has 0 saturated carbocycles. The highest BCUT2D eigenvalue weighted by atomic mass is 15.0. The molecule has 1 heteroatoms. The molecule has 0 bridgehead atoms. The Hall–Kier alpha value is -7.22. The van der Waals surface area contributed by atoms with Gasteiger partial charge in [0.25, 0.3) is 0 Å². The van der Waals surface area contributed by atoms with Crippen molar-refractivity contribution in [2.45, 2.75) is 5.41 Å². The van der Waals surface area contributed by atoms with E-state index in [1.54, 1.807) is 0 Å². The van der Waals surface area contributed by atoms with Crippen molar-refractivity contribution >= 4 is 21.8 Å². The van der Waals surface area contributed by atoms with E-state index < -0.39 is 5.41 Å². The number of nitrogens with zero attached hydrogens (tertiary/aromatic N) is 1. The number of hydrogen-bond acceptors (Lipinski definition) is 0. The monoisotopic (exact) mass is 709 g/mol. The van der Waals surface area contributed by atoms with Crippen molar-refractivity contribution in [2.24, 2.45) is 0 Å². The van der Waals surface area contributed by atoms with Crippen molar-refractivity contribution in [1.29, 1.82) is 0 Å². The van der Waals surface area contributed by atoms with E-state index in [0.29, 0.717) is 0 Å². The largest absolute Gasteiger partial charge is 0.309 e. The molecule has 1 heterocycles. The van der Waals surface area contributed by atoms with Crippen LogP contribution in [0.3, 0.4) is 0 Å². The van der Waals surface area contributed by atoms with Gasteiger partial charge in [0.15, 0.2) is 0 Å². The Morgan fingerprint density at radius 3 is 1.38 bits per heavy atom. The minimum atomic E-state index is -0.471. The zero-order valence-corrected chi connectivity index (χ0v) is 30.7. The van der Waals surface area contributed by atoms with Gasteiger partial charge < -0.3 is 4.57 Å². The maximum Gasteiger partial charge on any atom is 0.0746 e. The van der Waals surface area contributed by atoms with Crippen molar-refractivity contribution < 1.29 is 0 Å². The predicted octanol–water partition coefficient (Wildman–Crippen LogP) is 14.1. The summed E-state index contributed by atoms with van der Waals surface area (Å²) in [4.78, 5) is 0. The van der Waals surface area contributed by atoms with Gasteiger partial charge in [-0.05, 0) is 96.6 Å². The molecule has 56 heavy (non-hydrogen) atoms. The molecule has 2 aliphatic rings. The van der Waals surface area contributed by atoms with Gasteiger partial charge in [0.2, 0.25) is 0 Å². The molecule has 10 aromatic rings. The highest BCUT2D eigenvalue weighted by molar-refractivity contribution is 6.15. The van der Waals surface area contributed by atoms with E-state index in [1.165, 1.54) is 99.7 Å². The second-order valence-corrected chi connectivity index (χ2v) is 15.2. The SMILES string of the molecule is c1ccc(-c2ccc(-n3c4cc(-c5cccc(-c6ccccc6)c5)ccc4c4ccc5c(c43)C3(c4ccccc4-c4ccccc43)c3ccccc3-5)cc2)cc1. The first-order valence-corrected chi connectivity index (χ1v) is 19.5. The average Bonchev–Trinajstić information content (AvgIpc) is 3.89. The highest BCUT2D eigenvalue weighted by Gasteiger charge is 2.53. The number of benzene rings is 9. The maximum absolute atomic E-state index is 2.57. The van der Waals surface area contributed by atoms with Crippen LogP contribution in [0.4, 0.5) is 0 Å². The summed E-state index contributed by atoms with van der Waals surface area (Å²) in [5.74, 6) is 0. The highest BCUT2D eigenvalue weighted by Crippen LogP contribution is 2.64. The summed E-state index contributed by atoms with van der Waals surface area (Å²) in [7, 11) is 0. The second kappa shape index (κ2) is 11.9. The lowest BCUT2D eigenvalue weighted by Crippen LogP contribution is -2.26. The van der Waals surface area contributed by atoms with Gasteiger partial charge in [-0.2, -0.15) is 0 Å². The Labute approximate surface area is 326 Å². The summed E-state index contributed by atoms with van der Waals surface area (Å²) < 4.78 is 2.57. The Bertz CT molecular complexity index is 3100. The van der Waals surface area contributed by atoms with Crippen LogP contribution in [0.15, 0.2) is 212 Å². The van der Waals surface area contributed by atoms with Crippen molar-refractivity contribution in [3.8, 4) is 61.3 Å². The van der Waals surface area contributed by atoms with E-state index in [9.17, 15) is 0 Å². The summed E-state index contributed by atoms with van der Waals surface area (Å²) in [6.45, 7) is 0. The normalized spacial score (nSPS) is 13.1. The van der Waals surface area contributed by atoms with Crippen LogP contribution in [0.5, 0.6) is 0 Å². The van der Waals surface area contributed by atoms with Gasteiger partial charge >= 0.3 is 0 Å². The molecule has 0 fully saturated rings. The van der Waals surface area contributed by atoms with Gasteiger partial charge in [0.1, 0.15) is 0 Å². The van der Waals surface area contributed by atoms with Gasteiger partial charge in [-0.25, -0.2) is 0 Å². The van der Waals surface area contributed by atoms with E-state index in [-0.39, 0.29) is 0 Å². The Morgan fingerprint density at radius 1 is 0.304 bits per heavy atom. The maximum atomic E-state index is 2.57. The zero-order chi connectivity index (χ0) is 36.8. The van der Waals surface area contributed by atoms with E-state index in [4.69, 9.17) is 0 Å². The fourth-order valence-electron chi connectivity index (χ4n) is 10.1. The summed E-state index contributed by atoms with van der Waals surface area (Å²) in [5, 5.41) is 2.52. The topological polar surface area (TPSA) is 4.93 Å². The first-order valence-electron chi connectivity index (χ1n) is 19.5. The Kier molecular flexibility index (Phi) is 6.62. The molecule has 12 rings (SSSR count). The van der Waals surface area contributed by atoms with Crippen LogP contribution in [-0.2, 0) is 5.41 Å². The fraction of sp³-hybridized carbons (Fsp3) is 0.0182.